The van der Waals surface area contributed by atoms with E-state index in [0.717, 1.165) is 22.6 Å². The van der Waals surface area contributed by atoms with Gasteiger partial charge in [-0.1, -0.05) is 47.2 Å². The van der Waals surface area contributed by atoms with Crippen molar-refractivity contribution < 1.29 is 4.79 Å². The molecule has 1 aromatic carbocycles. The molecule has 0 aliphatic carbocycles. The van der Waals surface area contributed by atoms with E-state index in [9.17, 15) is 4.79 Å². The lowest BCUT2D eigenvalue weighted by Crippen LogP contribution is -2.27. The smallest absolute Gasteiger partial charge is 0.266 e. The predicted molar refractivity (Wildman–Crippen MR) is 111 cm³/mol. The molecule has 3 nitrogen and oxygen atoms in total. The zero-order valence-electron chi connectivity index (χ0n) is 14.0. The van der Waals surface area contributed by atoms with Crippen LogP contribution < -0.4 is 0 Å². The average Bonchev–Trinajstić information content (AvgIpc) is 2.99. The van der Waals surface area contributed by atoms with Crippen LogP contribution in [0.5, 0.6) is 0 Å². The highest BCUT2D eigenvalue weighted by atomic mass is 35.5. The van der Waals surface area contributed by atoms with E-state index in [0.29, 0.717) is 25.8 Å². The summed E-state index contributed by atoms with van der Waals surface area (Å²) in [6.45, 7) is 6.54. The third kappa shape index (κ3) is 3.38. The van der Waals surface area contributed by atoms with Crippen molar-refractivity contribution in [2.45, 2.75) is 20.8 Å². The van der Waals surface area contributed by atoms with Crippen molar-refractivity contribution in [1.82, 2.24) is 9.47 Å². The average molecular weight is 411 g/mol. The summed E-state index contributed by atoms with van der Waals surface area (Å²) >= 11 is 18.8. The molecule has 0 spiro atoms. The number of likely N-dealkylation sites (N-methyl/N-ethyl adjacent to an activating group) is 1. The molecule has 7 heteroatoms. The lowest BCUT2D eigenvalue weighted by atomic mass is 10.2. The number of benzene rings is 1. The molecular formula is C18H16Cl2N2OS2. The Morgan fingerprint density at radius 2 is 1.92 bits per heavy atom. The van der Waals surface area contributed by atoms with Crippen LogP contribution >= 0.6 is 47.2 Å². The summed E-state index contributed by atoms with van der Waals surface area (Å²) in [7, 11) is 0. The fourth-order valence-corrected chi connectivity index (χ4v) is 4.54. The van der Waals surface area contributed by atoms with Crippen molar-refractivity contribution in [1.29, 1.82) is 0 Å². The van der Waals surface area contributed by atoms with Crippen molar-refractivity contribution >= 4 is 63.5 Å². The first-order chi connectivity index (χ1) is 11.8. The lowest BCUT2D eigenvalue weighted by molar-refractivity contribution is -0.121. The normalized spacial score (nSPS) is 16.4. The number of aromatic nitrogens is 1. The molecule has 0 radical (unpaired) electrons. The summed E-state index contributed by atoms with van der Waals surface area (Å²) in [6, 6.07) is 7.60. The Hall–Kier alpha value is -1.27. The van der Waals surface area contributed by atoms with Crippen molar-refractivity contribution in [3.63, 3.8) is 0 Å². The molecule has 1 aliphatic heterocycles. The zero-order chi connectivity index (χ0) is 18.3. The number of aryl methyl sites for hydroxylation is 1. The standard InChI is InChI=1S/C18H16Cl2N2OS2/c1-4-21-17(23)16(25-18(21)24)8-12-7-10(2)22(11(12)3)13-5-6-14(19)15(20)9-13/h5-9H,4H2,1-3H3/b16-8-. The number of nitrogens with zero attached hydrogens (tertiary/aromatic N) is 2. The summed E-state index contributed by atoms with van der Waals surface area (Å²) < 4.78 is 2.70. The number of hydrogen-bond donors (Lipinski definition) is 0. The lowest BCUT2D eigenvalue weighted by Gasteiger charge is -2.11. The van der Waals surface area contributed by atoms with Gasteiger partial charge in [0.1, 0.15) is 4.32 Å². The maximum atomic E-state index is 12.4. The minimum absolute atomic E-state index is 0.0307. The van der Waals surface area contributed by atoms with E-state index in [1.807, 2.05) is 39.0 Å². The Balaban J connectivity index is 2.03. The Morgan fingerprint density at radius 1 is 1.20 bits per heavy atom. The largest absolute Gasteiger partial charge is 0.318 e. The van der Waals surface area contributed by atoms with E-state index in [2.05, 4.69) is 10.6 Å². The molecule has 25 heavy (non-hydrogen) atoms. The van der Waals surface area contributed by atoms with Crippen LogP contribution in [0, 0.1) is 13.8 Å². The number of halogens is 2. The first kappa shape index (κ1) is 18.5. The minimum Gasteiger partial charge on any atom is -0.318 e. The van der Waals surface area contributed by atoms with Gasteiger partial charge < -0.3 is 4.57 Å². The second-order valence-electron chi connectivity index (χ2n) is 5.69. The van der Waals surface area contributed by atoms with Crippen LogP contribution in [0.3, 0.4) is 0 Å². The molecule has 1 aromatic heterocycles. The molecule has 0 saturated carbocycles. The Morgan fingerprint density at radius 3 is 2.52 bits per heavy atom. The van der Waals surface area contributed by atoms with Gasteiger partial charge in [0.25, 0.3) is 5.91 Å². The minimum atomic E-state index is -0.0307. The summed E-state index contributed by atoms with van der Waals surface area (Å²) in [5.41, 5.74) is 4.00. The summed E-state index contributed by atoms with van der Waals surface area (Å²) in [6.07, 6.45) is 1.91. The van der Waals surface area contributed by atoms with E-state index in [-0.39, 0.29) is 5.91 Å². The first-order valence-electron chi connectivity index (χ1n) is 7.73. The van der Waals surface area contributed by atoms with Gasteiger partial charge in [-0.05, 0) is 56.7 Å². The first-order valence-corrected chi connectivity index (χ1v) is 9.71. The molecule has 3 rings (SSSR count). The van der Waals surface area contributed by atoms with Gasteiger partial charge in [0, 0.05) is 23.6 Å². The van der Waals surface area contributed by atoms with E-state index < -0.39 is 0 Å². The van der Waals surface area contributed by atoms with E-state index in [1.54, 1.807) is 11.0 Å². The Kier molecular flexibility index (Phi) is 5.30. The molecule has 1 saturated heterocycles. The summed E-state index contributed by atoms with van der Waals surface area (Å²) in [5.74, 6) is -0.0307. The van der Waals surface area contributed by atoms with Gasteiger partial charge in [0.15, 0.2) is 0 Å². The number of hydrogen-bond acceptors (Lipinski definition) is 3. The van der Waals surface area contributed by atoms with Gasteiger partial charge >= 0.3 is 0 Å². The molecule has 1 fully saturated rings. The van der Waals surface area contributed by atoms with Crippen LogP contribution in [0.4, 0.5) is 0 Å². The van der Waals surface area contributed by atoms with E-state index in [1.165, 1.54) is 11.8 Å². The molecule has 2 aromatic rings. The maximum Gasteiger partial charge on any atom is 0.266 e. The SMILES string of the molecule is CCN1C(=O)/C(=C/c2cc(C)n(-c3ccc(Cl)c(Cl)c3)c2C)SC1=S. The second-order valence-corrected chi connectivity index (χ2v) is 8.18. The topological polar surface area (TPSA) is 25.2 Å². The van der Waals surface area contributed by atoms with Crippen LogP contribution in [-0.4, -0.2) is 26.2 Å². The van der Waals surface area contributed by atoms with Crippen molar-refractivity contribution in [2.24, 2.45) is 0 Å². The maximum absolute atomic E-state index is 12.4. The predicted octanol–water partition coefficient (Wildman–Crippen LogP) is 5.62. The van der Waals surface area contributed by atoms with Gasteiger partial charge in [0.05, 0.1) is 15.0 Å². The monoisotopic (exact) mass is 410 g/mol. The van der Waals surface area contributed by atoms with Crippen molar-refractivity contribution in [2.75, 3.05) is 6.54 Å². The molecule has 1 amide bonds. The van der Waals surface area contributed by atoms with Gasteiger partial charge in [0.2, 0.25) is 0 Å². The number of carbonyl (C=O) groups excluding carboxylic acids is 1. The highest BCUT2D eigenvalue weighted by Crippen LogP contribution is 2.34. The highest BCUT2D eigenvalue weighted by Gasteiger charge is 2.30. The fourth-order valence-electron chi connectivity index (χ4n) is 2.87. The number of thioether (sulfide) groups is 1. The van der Waals surface area contributed by atoms with Crippen LogP contribution in [0.1, 0.15) is 23.9 Å². The third-order valence-electron chi connectivity index (χ3n) is 4.11. The summed E-state index contributed by atoms with van der Waals surface area (Å²) in [4.78, 5) is 14.7. The van der Waals surface area contributed by atoms with Gasteiger partial charge in [-0.15, -0.1) is 0 Å². The third-order valence-corrected chi connectivity index (χ3v) is 6.22. The molecule has 0 bridgehead atoms. The molecule has 1 aliphatic rings. The molecule has 0 unspecified atom stereocenters. The van der Waals surface area contributed by atoms with Crippen LogP contribution in [0.25, 0.3) is 11.8 Å². The Labute approximate surface area is 166 Å². The molecular weight excluding hydrogens is 395 g/mol. The quantitative estimate of drug-likeness (QED) is 0.484. The van der Waals surface area contributed by atoms with Gasteiger partial charge in [-0.25, -0.2) is 0 Å². The fraction of sp³-hybridized carbons (Fsp3) is 0.222. The van der Waals surface area contributed by atoms with Gasteiger partial charge in [-0.2, -0.15) is 0 Å². The molecule has 130 valence electrons. The van der Waals surface area contributed by atoms with Crippen molar-refractivity contribution in [3.8, 4) is 5.69 Å². The second kappa shape index (κ2) is 7.16. The summed E-state index contributed by atoms with van der Waals surface area (Å²) in [5, 5.41) is 1.04. The number of thiocarbonyl (C=S) groups is 1. The molecule has 0 N–H and O–H groups in total. The van der Waals surface area contributed by atoms with Crippen LogP contribution in [0.15, 0.2) is 29.2 Å². The van der Waals surface area contributed by atoms with Crippen molar-refractivity contribution in [3.05, 3.63) is 56.2 Å². The molecule has 0 atom stereocenters. The van der Waals surface area contributed by atoms with E-state index >= 15 is 0 Å². The highest BCUT2D eigenvalue weighted by molar-refractivity contribution is 8.26. The van der Waals surface area contributed by atoms with E-state index in [4.69, 9.17) is 35.4 Å². The van der Waals surface area contributed by atoms with Crippen LogP contribution in [0.2, 0.25) is 10.0 Å². The Bertz CT molecular complexity index is 918. The number of carbonyl (C=O) groups is 1. The molecule has 2 heterocycles. The number of rotatable bonds is 3. The number of amides is 1. The van der Waals surface area contributed by atoms with Crippen LogP contribution in [-0.2, 0) is 4.79 Å². The zero-order valence-corrected chi connectivity index (χ0v) is 17.1. The van der Waals surface area contributed by atoms with Gasteiger partial charge in [-0.3, -0.25) is 9.69 Å².